The second-order valence-electron chi connectivity index (χ2n) is 5.10. The normalized spacial score (nSPS) is 18.2. The summed E-state index contributed by atoms with van der Waals surface area (Å²) in [5.41, 5.74) is -0.170. The van der Waals surface area contributed by atoms with Crippen LogP contribution in [-0.2, 0) is 24.4 Å². The van der Waals surface area contributed by atoms with E-state index in [-0.39, 0.29) is 18.1 Å². The summed E-state index contributed by atoms with van der Waals surface area (Å²) in [6, 6.07) is 0.382. The molecule has 1 aliphatic carbocycles. The minimum atomic E-state index is -0.170. The molecule has 1 aromatic rings. The van der Waals surface area contributed by atoms with Gasteiger partial charge >= 0.3 is 5.69 Å². The predicted octanol–water partition coefficient (Wildman–Crippen LogP) is -0.841. The molecule has 1 saturated carbocycles. The van der Waals surface area contributed by atoms with Gasteiger partial charge in [-0.3, -0.25) is 9.36 Å². The van der Waals surface area contributed by atoms with Crippen molar-refractivity contribution in [3.63, 3.8) is 0 Å². The van der Waals surface area contributed by atoms with Crippen LogP contribution in [0.3, 0.4) is 0 Å². The molecule has 1 N–H and O–H groups in total. The van der Waals surface area contributed by atoms with Crippen LogP contribution in [0.1, 0.15) is 25.6 Å². The number of amides is 1. The van der Waals surface area contributed by atoms with E-state index in [1.165, 1.54) is 4.68 Å². The second-order valence-corrected chi connectivity index (χ2v) is 5.10. The number of hydrogen-bond acceptors (Lipinski definition) is 4. The molecule has 0 saturated heterocycles. The van der Waals surface area contributed by atoms with E-state index in [9.17, 15) is 9.59 Å². The molecule has 1 amide bonds. The Hall–Kier alpha value is -1.63. The Morgan fingerprint density at radius 1 is 1.53 bits per heavy atom. The lowest BCUT2D eigenvalue weighted by atomic mass is 10.4. The Balaban J connectivity index is 1.77. The summed E-state index contributed by atoms with van der Waals surface area (Å²) in [5.74, 6) is 0.717. The van der Waals surface area contributed by atoms with E-state index in [0.717, 1.165) is 25.2 Å². The summed E-state index contributed by atoms with van der Waals surface area (Å²) < 4.78 is 2.95. The maximum Gasteiger partial charge on any atom is 0.346 e. The summed E-state index contributed by atoms with van der Waals surface area (Å²) in [6.07, 6.45) is 2.16. The molecule has 19 heavy (non-hydrogen) atoms. The molecule has 3 rings (SSSR count). The highest BCUT2D eigenvalue weighted by atomic mass is 16.2. The first kappa shape index (κ1) is 12.4. The third-order valence-corrected chi connectivity index (χ3v) is 3.73. The van der Waals surface area contributed by atoms with Crippen LogP contribution in [0.4, 0.5) is 0 Å². The van der Waals surface area contributed by atoms with E-state index in [1.807, 2.05) is 11.8 Å². The van der Waals surface area contributed by atoms with Crippen LogP contribution >= 0.6 is 0 Å². The van der Waals surface area contributed by atoms with E-state index in [1.54, 1.807) is 4.57 Å². The largest absolute Gasteiger partial charge is 0.346 e. The van der Waals surface area contributed by atoms with Gasteiger partial charge in [-0.25, -0.2) is 9.48 Å². The molecule has 2 aliphatic rings. The number of carbonyl (C=O) groups excluding carboxylic acids is 1. The number of nitrogens with zero attached hydrogens (tertiary/aromatic N) is 4. The van der Waals surface area contributed by atoms with Crippen LogP contribution in [0.25, 0.3) is 0 Å². The molecule has 2 heterocycles. The molecular weight excluding hydrogens is 246 g/mol. The first-order valence-corrected chi connectivity index (χ1v) is 6.87. The van der Waals surface area contributed by atoms with Crippen molar-refractivity contribution in [1.82, 2.24) is 24.6 Å². The molecule has 0 unspecified atom stereocenters. The first-order valence-electron chi connectivity index (χ1n) is 6.87. The fourth-order valence-electron chi connectivity index (χ4n) is 2.58. The maximum atomic E-state index is 12.2. The molecule has 0 radical (unpaired) electrons. The van der Waals surface area contributed by atoms with Crippen molar-refractivity contribution in [2.45, 2.75) is 45.4 Å². The molecular formula is C12H19N5O2. The Morgan fingerprint density at radius 2 is 2.32 bits per heavy atom. The minimum Gasteiger partial charge on any atom is -0.338 e. The van der Waals surface area contributed by atoms with E-state index < -0.39 is 0 Å². The Bertz CT molecular complexity index is 543. The number of nitrogens with one attached hydrogen (secondary N) is 1. The monoisotopic (exact) mass is 265 g/mol. The molecule has 1 aliphatic heterocycles. The molecule has 7 nitrogen and oxygen atoms in total. The van der Waals surface area contributed by atoms with Gasteiger partial charge < -0.3 is 10.2 Å². The van der Waals surface area contributed by atoms with Crippen molar-refractivity contribution in [2.75, 3.05) is 13.1 Å². The summed E-state index contributed by atoms with van der Waals surface area (Å²) in [6.45, 7) is 4.73. The van der Waals surface area contributed by atoms with Crippen molar-refractivity contribution >= 4 is 5.91 Å². The number of rotatable bonds is 4. The number of aromatic nitrogens is 3. The van der Waals surface area contributed by atoms with Gasteiger partial charge in [0.1, 0.15) is 12.4 Å². The van der Waals surface area contributed by atoms with Crippen molar-refractivity contribution in [3.8, 4) is 0 Å². The average molecular weight is 265 g/mol. The Kier molecular flexibility index (Phi) is 3.14. The minimum absolute atomic E-state index is 0.00416. The van der Waals surface area contributed by atoms with Crippen LogP contribution in [0.5, 0.6) is 0 Å². The quantitative estimate of drug-likeness (QED) is 0.770. The molecule has 0 atom stereocenters. The summed E-state index contributed by atoms with van der Waals surface area (Å²) in [7, 11) is 0. The molecule has 0 bridgehead atoms. The standard InChI is InChI=1S/C12H19N5O2/c1-2-15(9-3-4-9)11(18)8-17-12(19)16-6-5-13-7-10(16)14-17/h9,13H,2-8H2,1H3. The third-order valence-electron chi connectivity index (χ3n) is 3.73. The maximum absolute atomic E-state index is 12.2. The van der Waals surface area contributed by atoms with Gasteiger partial charge in [0, 0.05) is 25.7 Å². The fourth-order valence-corrected chi connectivity index (χ4v) is 2.58. The lowest BCUT2D eigenvalue weighted by Crippen LogP contribution is -2.39. The molecule has 1 fully saturated rings. The van der Waals surface area contributed by atoms with Crippen molar-refractivity contribution in [2.24, 2.45) is 0 Å². The SMILES string of the molecule is CCN(C(=O)Cn1nc2n(c1=O)CCNC2)C1CC1. The van der Waals surface area contributed by atoms with Gasteiger partial charge in [0.05, 0.1) is 6.54 Å². The van der Waals surface area contributed by atoms with Crippen LogP contribution in [0, 0.1) is 0 Å². The number of fused-ring (bicyclic) bond motifs is 1. The van der Waals surface area contributed by atoms with Crippen molar-refractivity contribution < 1.29 is 4.79 Å². The van der Waals surface area contributed by atoms with Gasteiger partial charge in [-0.1, -0.05) is 0 Å². The second kappa shape index (κ2) is 4.80. The topological polar surface area (TPSA) is 72.2 Å². The number of carbonyl (C=O) groups is 1. The van der Waals surface area contributed by atoms with Crippen LogP contribution in [0.2, 0.25) is 0 Å². The summed E-state index contributed by atoms with van der Waals surface area (Å²) in [5, 5.41) is 7.41. The zero-order chi connectivity index (χ0) is 13.4. The van der Waals surface area contributed by atoms with E-state index >= 15 is 0 Å². The van der Waals surface area contributed by atoms with Gasteiger partial charge in [0.2, 0.25) is 5.91 Å². The van der Waals surface area contributed by atoms with Crippen molar-refractivity contribution in [3.05, 3.63) is 16.3 Å². The molecule has 104 valence electrons. The van der Waals surface area contributed by atoms with Gasteiger partial charge in [0.25, 0.3) is 0 Å². The average Bonchev–Trinajstić information content (AvgIpc) is 3.18. The van der Waals surface area contributed by atoms with Gasteiger partial charge in [-0.05, 0) is 19.8 Å². The predicted molar refractivity (Wildman–Crippen MR) is 68.6 cm³/mol. The molecule has 7 heteroatoms. The van der Waals surface area contributed by atoms with E-state index in [2.05, 4.69) is 10.4 Å². The van der Waals surface area contributed by atoms with Crippen molar-refractivity contribution in [1.29, 1.82) is 0 Å². The lowest BCUT2D eigenvalue weighted by molar-refractivity contribution is -0.132. The summed E-state index contributed by atoms with van der Waals surface area (Å²) >= 11 is 0. The zero-order valence-electron chi connectivity index (χ0n) is 11.1. The van der Waals surface area contributed by atoms with Crippen LogP contribution < -0.4 is 11.0 Å². The number of likely N-dealkylation sites (N-methyl/N-ethyl adjacent to an activating group) is 1. The van der Waals surface area contributed by atoms with Gasteiger partial charge in [0.15, 0.2) is 0 Å². The smallest absolute Gasteiger partial charge is 0.338 e. The first-order chi connectivity index (χ1) is 9.20. The van der Waals surface area contributed by atoms with E-state index in [0.29, 0.717) is 25.7 Å². The van der Waals surface area contributed by atoms with Gasteiger partial charge in [-0.15, -0.1) is 0 Å². The molecule has 0 spiro atoms. The molecule has 0 aromatic carbocycles. The zero-order valence-corrected chi connectivity index (χ0v) is 11.1. The fraction of sp³-hybridized carbons (Fsp3) is 0.750. The van der Waals surface area contributed by atoms with E-state index in [4.69, 9.17) is 0 Å². The Labute approximate surface area is 111 Å². The Morgan fingerprint density at radius 3 is 2.95 bits per heavy atom. The van der Waals surface area contributed by atoms with Gasteiger partial charge in [-0.2, -0.15) is 5.10 Å². The van der Waals surface area contributed by atoms with Crippen LogP contribution in [-0.4, -0.2) is 44.3 Å². The highest BCUT2D eigenvalue weighted by Crippen LogP contribution is 2.26. The highest BCUT2D eigenvalue weighted by molar-refractivity contribution is 5.76. The third kappa shape index (κ3) is 2.30. The molecule has 1 aromatic heterocycles. The lowest BCUT2D eigenvalue weighted by Gasteiger charge is -2.19. The summed E-state index contributed by atoms with van der Waals surface area (Å²) in [4.78, 5) is 26.2. The van der Waals surface area contributed by atoms with Crippen LogP contribution in [0.15, 0.2) is 4.79 Å². The highest BCUT2D eigenvalue weighted by Gasteiger charge is 2.31. The number of hydrogen-bond donors (Lipinski definition) is 1.